The van der Waals surface area contributed by atoms with Gasteiger partial charge in [-0.1, -0.05) is 24.3 Å². The molecule has 3 heterocycles. The zero-order chi connectivity index (χ0) is 22.0. The molecule has 1 aromatic carbocycles. The summed E-state index contributed by atoms with van der Waals surface area (Å²) in [4.78, 5) is 29.0. The largest absolute Gasteiger partial charge is 0.456 e. The first-order chi connectivity index (χ1) is 14.9. The van der Waals surface area contributed by atoms with E-state index in [-0.39, 0.29) is 12.2 Å². The van der Waals surface area contributed by atoms with E-state index in [0.29, 0.717) is 11.3 Å². The molecule has 0 saturated heterocycles. The summed E-state index contributed by atoms with van der Waals surface area (Å²) in [7, 11) is 0. The van der Waals surface area contributed by atoms with Crippen molar-refractivity contribution in [1.29, 1.82) is 0 Å². The third kappa shape index (κ3) is 4.16. The van der Waals surface area contributed by atoms with Crippen LogP contribution in [0.1, 0.15) is 28.2 Å². The second-order valence-electron chi connectivity index (χ2n) is 7.24. The van der Waals surface area contributed by atoms with Gasteiger partial charge in [0.15, 0.2) is 0 Å². The molecule has 0 N–H and O–H groups in total. The fraction of sp³-hybridized carbons (Fsp3) is 0.167. The average molecular weight is 414 g/mol. The molecule has 156 valence electrons. The van der Waals surface area contributed by atoms with Gasteiger partial charge in [-0.3, -0.25) is 9.20 Å². The van der Waals surface area contributed by atoms with Gasteiger partial charge < -0.3 is 4.74 Å². The van der Waals surface area contributed by atoms with Gasteiger partial charge in [0.05, 0.1) is 17.1 Å². The Kier molecular flexibility index (Phi) is 5.49. The van der Waals surface area contributed by atoms with Crippen molar-refractivity contribution in [2.45, 2.75) is 27.4 Å². The Morgan fingerprint density at radius 2 is 1.87 bits per heavy atom. The number of fused-ring (bicyclic) bond motifs is 1. The van der Waals surface area contributed by atoms with E-state index in [9.17, 15) is 9.59 Å². The van der Waals surface area contributed by atoms with Gasteiger partial charge in [0.25, 0.3) is 5.56 Å². The van der Waals surface area contributed by atoms with Gasteiger partial charge in [-0.25, -0.2) is 14.5 Å². The lowest BCUT2D eigenvalue weighted by atomic mass is 10.2. The van der Waals surface area contributed by atoms with Crippen LogP contribution in [0.3, 0.4) is 0 Å². The highest BCUT2D eigenvalue weighted by Gasteiger charge is 2.11. The highest BCUT2D eigenvalue weighted by atomic mass is 16.5. The van der Waals surface area contributed by atoms with E-state index in [0.717, 1.165) is 28.2 Å². The second kappa shape index (κ2) is 8.39. The maximum absolute atomic E-state index is 12.3. The number of carbonyl (C=O) groups is 1. The maximum atomic E-state index is 12.3. The molecule has 0 atom stereocenters. The maximum Gasteiger partial charge on any atom is 0.331 e. The van der Waals surface area contributed by atoms with Crippen LogP contribution in [-0.2, 0) is 16.1 Å². The lowest BCUT2D eigenvalue weighted by Crippen LogP contribution is -2.17. The summed E-state index contributed by atoms with van der Waals surface area (Å²) in [5.74, 6) is -0.516. The number of benzene rings is 1. The molecule has 0 fully saturated rings. The summed E-state index contributed by atoms with van der Waals surface area (Å²) in [5, 5.41) is 4.57. The van der Waals surface area contributed by atoms with Crippen molar-refractivity contribution in [3.63, 3.8) is 0 Å². The van der Waals surface area contributed by atoms with Gasteiger partial charge in [0.1, 0.15) is 12.3 Å². The molecule has 7 nitrogen and oxygen atoms in total. The Bertz CT molecular complexity index is 1350. The Hall–Kier alpha value is -4.00. The van der Waals surface area contributed by atoms with E-state index in [1.807, 2.05) is 61.9 Å². The van der Waals surface area contributed by atoms with Crippen LogP contribution >= 0.6 is 0 Å². The Morgan fingerprint density at radius 3 is 2.65 bits per heavy atom. The summed E-state index contributed by atoms with van der Waals surface area (Å²) in [6, 6.07) is 14.8. The lowest BCUT2D eigenvalue weighted by molar-refractivity contribution is -0.139. The lowest BCUT2D eigenvalue weighted by Gasteiger charge is -2.06. The molecule has 0 aliphatic rings. The molecule has 0 spiro atoms. The van der Waals surface area contributed by atoms with Crippen LogP contribution in [0.25, 0.3) is 17.4 Å². The van der Waals surface area contributed by atoms with Crippen molar-refractivity contribution >= 4 is 17.7 Å². The Balaban J connectivity index is 1.49. The zero-order valence-corrected chi connectivity index (χ0v) is 17.6. The number of ether oxygens (including phenoxy) is 1. The van der Waals surface area contributed by atoms with Crippen molar-refractivity contribution < 1.29 is 9.53 Å². The first-order valence-corrected chi connectivity index (χ1v) is 9.88. The van der Waals surface area contributed by atoms with Crippen molar-refractivity contribution in [1.82, 2.24) is 19.2 Å². The highest BCUT2D eigenvalue weighted by Crippen LogP contribution is 2.19. The standard InChI is InChI=1S/C24H22N4O3/c1-16-8-7-13-27-22(29)14-19(25-24(16)27)15-31-23(30)12-11-21-17(2)26-28(18(21)3)20-9-5-4-6-10-20/h4-14H,15H2,1-3H3/b12-11+. The molecule has 0 unspecified atom stereocenters. The molecule has 7 heteroatoms. The summed E-state index contributed by atoms with van der Waals surface area (Å²) in [5.41, 5.74) is 5.16. The molecule has 4 aromatic rings. The van der Waals surface area contributed by atoms with Crippen molar-refractivity contribution in [2.24, 2.45) is 0 Å². The second-order valence-corrected chi connectivity index (χ2v) is 7.24. The number of para-hydroxylation sites is 1. The number of aryl methyl sites for hydroxylation is 2. The summed E-state index contributed by atoms with van der Waals surface area (Å²) in [6.45, 7) is 5.64. The predicted molar refractivity (Wildman–Crippen MR) is 118 cm³/mol. The first-order valence-electron chi connectivity index (χ1n) is 9.88. The number of nitrogens with zero attached hydrogens (tertiary/aromatic N) is 4. The summed E-state index contributed by atoms with van der Waals surface area (Å²) >= 11 is 0. The number of hydrogen-bond acceptors (Lipinski definition) is 5. The minimum atomic E-state index is -0.516. The smallest absolute Gasteiger partial charge is 0.331 e. The van der Waals surface area contributed by atoms with Gasteiger partial charge in [0.2, 0.25) is 0 Å². The van der Waals surface area contributed by atoms with Crippen molar-refractivity contribution in [2.75, 3.05) is 0 Å². The van der Waals surface area contributed by atoms with Crippen molar-refractivity contribution in [3.05, 3.63) is 99.4 Å². The van der Waals surface area contributed by atoms with Crippen LogP contribution in [-0.4, -0.2) is 25.1 Å². The molecule has 0 saturated carbocycles. The minimum absolute atomic E-state index is 0.0789. The zero-order valence-electron chi connectivity index (χ0n) is 17.6. The van der Waals surface area contributed by atoms with Gasteiger partial charge in [-0.05, 0) is 50.6 Å². The molecule has 0 aliphatic heterocycles. The quantitative estimate of drug-likeness (QED) is 0.369. The van der Waals surface area contributed by atoms with Gasteiger partial charge in [-0.2, -0.15) is 5.10 Å². The van der Waals surface area contributed by atoms with Gasteiger partial charge in [-0.15, -0.1) is 0 Å². The number of rotatable bonds is 5. The molecule has 31 heavy (non-hydrogen) atoms. The molecule has 4 rings (SSSR count). The van der Waals surface area contributed by atoms with E-state index in [1.54, 1.807) is 18.3 Å². The molecule has 3 aromatic heterocycles. The van der Waals surface area contributed by atoms with E-state index in [2.05, 4.69) is 10.1 Å². The summed E-state index contributed by atoms with van der Waals surface area (Å²) in [6.07, 6.45) is 4.73. The monoisotopic (exact) mass is 414 g/mol. The number of hydrogen-bond donors (Lipinski definition) is 0. The SMILES string of the molecule is Cc1nn(-c2ccccc2)c(C)c1/C=C/C(=O)OCc1cc(=O)n2cccc(C)c2n1. The van der Waals surface area contributed by atoms with Crippen LogP contribution in [0, 0.1) is 20.8 Å². The molecule has 0 amide bonds. The Morgan fingerprint density at radius 1 is 1.10 bits per heavy atom. The fourth-order valence-corrected chi connectivity index (χ4v) is 3.44. The topological polar surface area (TPSA) is 78.5 Å². The van der Waals surface area contributed by atoms with Gasteiger partial charge in [0, 0.05) is 29.6 Å². The molecule has 0 bridgehead atoms. The molecular formula is C24H22N4O3. The third-order valence-electron chi connectivity index (χ3n) is 5.04. The predicted octanol–water partition coefficient (Wildman–Crippen LogP) is 3.56. The van der Waals surface area contributed by atoms with Gasteiger partial charge >= 0.3 is 5.97 Å². The number of pyridine rings is 1. The minimum Gasteiger partial charge on any atom is -0.456 e. The van der Waals surface area contributed by atoms with Crippen LogP contribution in [0.2, 0.25) is 0 Å². The van der Waals surface area contributed by atoms with Crippen molar-refractivity contribution in [3.8, 4) is 5.69 Å². The number of esters is 1. The molecular weight excluding hydrogens is 392 g/mol. The number of aromatic nitrogens is 4. The van der Waals surface area contributed by atoms with E-state index in [4.69, 9.17) is 4.74 Å². The van der Waals surface area contributed by atoms with Crippen LogP contribution in [0.4, 0.5) is 0 Å². The molecule has 0 radical (unpaired) electrons. The highest BCUT2D eigenvalue weighted by molar-refractivity contribution is 5.87. The normalized spacial score (nSPS) is 11.3. The van der Waals surface area contributed by atoms with E-state index >= 15 is 0 Å². The van der Waals surface area contributed by atoms with Crippen LogP contribution in [0.15, 0.2) is 65.6 Å². The third-order valence-corrected chi connectivity index (χ3v) is 5.04. The van der Waals surface area contributed by atoms with Crippen LogP contribution in [0.5, 0.6) is 0 Å². The number of carbonyl (C=O) groups excluding carboxylic acids is 1. The van der Waals surface area contributed by atoms with E-state index in [1.165, 1.54) is 16.5 Å². The average Bonchev–Trinajstić information content (AvgIpc) is 3.05. The first kappa shape index (κ1) is 20.3. The fourth-order valence-electron chi connectivity index (χ4n) is 3.44. The summed E-state index contributed by atoms with van der Waals surface area (Å²) < 4.78 is 8.61. The van der Waals surface area contributed by atoms with E-state index < -0.39 is 5.97 Å². The van der Waals surface area contributed by atoms with Crippen LogP contribution < -0.4 is 5.56 Å². The molecule has 0 aliphatic carbocycles. The Labute approximate surface area is 179 Å².